The van der Waals surface area contributed by atoms with Crippen molar-refractivity contribution in [2.24, 2.45) is 0 Å². The van der Waals surface area contributed by atoms with E-state index in [0.29, 0.717) is 5.82 Å². The van der Waals surface area contributed by atoms with Crippen molar-refractivity contribution in [3.63, 3.8) is 0 Å². The van der Waals surface area contributed by atoms with Gasteiger partial charge in [-0.3, -0.25) is 9.97 Å². The van der Waals surface area contributed by atoms with Crippen LogP contribution < -0.4 is 4.90 Å². The highest BCUT2D eigenvalue weighted by atomic mass is 15.2. The number of anilines is 3. The Morgan fingerprint density at radius 3 is 1.75 bits per heavy atom. The lowest BCUT2D eigenvalue weighted by atomic mass is 9.70. The Balaban J connectivity index is 1.31. The summed E-state index contributed by atoms with van der Waals surface area (Å²) < 4.78 is 0. The molecule has 228 valence electrons. The molecule has 4 heterocycles. The topological polar surface area (TPSA) is 54.8 Å². The fourth-order valence-corrected chi connectivity index (χ4v) is 7.36. The smallest absolute Gasteiger partial charge is 0.160 e. The molecule has 9 rings (SSSR count). The zero-order chi connectivity index (χ0) is 32.2. The molecular formula is C43H31N5. The van der Waals surface area contributed by atoms with Crippen LogP contribution in [0.2, 0.25) is 0 Å². The molecule has 3 aromatic heterocycles. The number of benzene rings is 5. The standard InChI is InChI=1S/C43H31N5/c1-43(2)34-20-7-8-23-39(34)48(41-33-19-6-4-17-31(33)30-16-3-5-18-32(30)40(41)43)29-15-13-14-28(26-29)42-46-37(35-21-9-11-24-44-35)27-38(47-42)36-22-10-12-25-45-36/h3-27H,1-2H3. The molecule has 0 spiro atoms. The van der Waals surface area contributed by atoms with Crippen molar-refractivity contribution in [2.45, 2.75) is 19.3 Å². The Morgan fingerprint density at radius 2 is 1.08 bits per heavy atom. The van der Waals surface area contributed by atoms with Gasteiger partial charge >= 0.3 is 0 Å². The van der Waals surface area contributed by atoms with E-state index in [4.69, 9.17) is 9.97 Å². The number of hydrogen-bond donors (Lipinski definition) is 0. The Kier molecular flexibility index (Phi) is 6.40. The van der Waals surface area contributed by atoms with Crippen LogP contribution in [0.15, 0.2) is 152 Å². The Labute approximate surface area is 279 Å². The third kappa shape index (κ3) is 4.39. The number of aromatic nitrogens is 4. The number of para-hydroxylation sites is 1. The molecule has 0 amide bonds. The summed E-state index contributed by atoms with van der Waals surface area (Å²) in [5.74, 6) is 0.620. The number of nitrogens with zero attached hydrogens (tertiary/aromatic N) is 5. The number of pyridine rings is 2. The zero-order valence-electron chi connectivity index (χ0n) is 26.7. The summed E-state index contributed by atoms with van der Waals surface area (Å²) in [7, 11) is 0. The molecule has 5 heteroatoms. The molecular weight excluding hydrogens is 587 g/mol. The monoisotopic (exact) mass is 617 g/mol. The molecule has 0 fully saturated rings. The average molecular weight is 618 g/mol. The summed E-state index contributed by atoms with van der Waals surface area (Å²) in [5, 5.41) is 5.02. The van der Waals surface area contributed by atoms with Gasteiger partial charge in [-0.25, -0.2) is 9.97 Å². The minimum atomic E-state index is -0.235. The maximum atomic E-state index is 5.07. The second-order valence-electron chi connectivity index (χ2n) is 12.7. The van der Waals surface area contributed by atoms with Crippen molar-refractivity contribution >= 4 is 38.6 Å². The largest absolute Gasteiger partial charge is 0.309 e. The molecule has 0 bridgehead atoms. The van der Waals surface area contributed by atoms with Gasteiger partial charge < -0.3 is 4.90 Å². The van der Waals surface area contributed by atoms with Crippen molar-refractivity contribution in [3.05, 3.63) is 163 Å². The van der Waals surface area contributed by atoms with Crippen LogP contribution in [0.1, 0.15) is 25.0 Å². The molecule has 1 aliphatic heterocycles. The molecule has 0 unspecified atom stereocenters. The first-order chi connectivity index (χ1) is 23.6. The molecule has 0 atom stereocenters. The zero-order valence-corrected chi connectivity index (χ0v) is 26.7. The Hall–Kier alpha value is -6.20. The van der Waals surface area contributed by atoms with Gasteiger partial charge in [-0.1, -0.05) is 105 Å². The van der Waals surface area contributed by atoms with Crippen LogP contribution in [0.5, 0.6) is 0 Å². The summed E-state index contributed by atoms with van der Waals surface area (Å²) in [5.41, 5.74) is 9.79. The van der Waals surface area contributed by atoms with Crippen molar-refractivity contribution in [3.8, 4) is 34.2 Å². The lowest BCUT2D eigenvalue weighted by Crippen LogP contribution is -2.31. The van der Waals surface area contributed by atoms with Crippen molar-refractivity contribution in [1.29, 1.82) is 0 Å². The summed E-state index contributed by atoms with van der Waals surface area (Å²) >= 11 is 0. The first kappa shape index (κ1) is 28.1. The third-order valence-corrected chi connectivity index (χ3v) is 9.52. The molecule has 5 nitrogen and oxygen atoms in total. The van der Waals surface area contributed by atoms with E-state index in [2.05, 4.69) is 126 Å². The molecule has 5 aromatic carbocycles. The predicted molar refractivity (Wildman–Crippen MR) is 196 cm³/mol. The quantitative estimate of drug-likeness (QED) is 0.184. The third-order valence-electron chi connectivity index (χ3n) is 9.52. The molecule has 0 N–H and O–H groups in total. The molecule has 0 saturated carbocycles. The maximum absolute atomic E-state index is 5.07. The van der Waals surface area contributed by atoms with E-state index in [1.807, 2.05) is 42.5 Å². The van der Waals surface area contributed by atoms with E-state index < -0.39 is 0 Å². The van der Waals surface area contributed by atoms with Crippen molar-refractivity contribution in [2.75, 3.05) is 4.90 Å². The lowest BCUT2D eigenvalue weighted by molar-refractivity contribution is 0.639. The number of rotatable bonds is 4. The predicted octanol–water partition coefficient (Wildman–Crippen LogP) is 10.7. The molecule has 0 radical (unpaired) electrons. The minimum absolute atomic E-state index is 0.235. The first-order valence-electron chi connectivity index (χ1n) is 16.2. The van der Waals surface area contributed by atoms with Gasteiger partial charge in [0.2, 0.25) is 0 Å². The van der Waals surface area contributed by atoms with E-state index in [-0.39, 0.29) is 5.41 Å². The van der Waals surface area contributed by atoms with Gasteiger partial charge in [0.1, 0.15) is 0 Å². The summed E-state index contributed by atoms with van der Waals surface area (Å²) in [6, 6.07) is 48.7. The molecule has 8 aromatic rings. The van der Waals surface area contributed by atoms with Gasteiger partial charge in [0, 0.05) is 34.4 Å². The van der Waals surface area contributed by atoms with Gasteiger partial charge in [0.25, 0.3) is 0 Å². The highest BCUT2D eigenvalue weighted by Crippen LogP contribution is 2.56. The number of hydrogen-bond acceptors (Lipinski definition) is 5. The van der Waals surface area contributed by atoms with Crippen LogP contribution >= 0.6 is 0 Å². The molecule has 0 saturated heterocycles. The van der Waals surface area contributed by atoms with Gasteiger partial charge in [0.05, 0.1) is 34.2 Å². The second-order valence-corrected chi connectivity index (χ2v) is 12.7. The van der Waals surface area contributed by atoms with Crippen molar-refractivity contribution < 1.29 is 0 Å². The minimum Gasteiger partial charge on any atom is -0.309 e. The highest BCUT2D eigenvalue weighted by molar-refractivity contribution is 6.18. The van der Waals surface area contributed by atoms with Gasteiger partial charge in [-0.05, 0) is 75.8 Å². The highest BCUT2D eigenvalue weighted by Gasteiger charge is 2.39. The molecule has 1 aliphatic rings. The lowest BCUT2D eigenvalue weighted by Gasteiger charge is -2.43. The summed E-state index contributed by atoms with van der Waals surface area (Å²) in [6.07, 6.45) is 3.58. The van der Waals surface area contributed by atoms with Crippen molar-refractivity contribution in [1.82, 2.24) is 19.9 Å². The Morgan fingerprint density at radius 1 is 0.500 bits per heavy atom. The maximum Gasteiger partial charge on any atom is 0.160 e. The van der Waals surface area contributed by atoms with E-state index in [0.717, 1.165) is 34.0 Å². The van der Waals surface area contributed by atoms with E-state index in [1.165, 1.54) is 44.0 Å². The SMILES string of the molecule is CC1(C)c2ccccc2N(c2cccc(-c3nc(-c4ccccn4)cc(-c4ccccn4)n3)c2)c2c1c1ccccc1c1ccccc21. The molecule has 0 aliphatic carbocycles. The van der Waals surface area contributed by atoms with Crippen LogP contribution in [0.3, 0.4) is 0 Å². The Bertz CT molecular complexity index is 2430. The van der Waals surface area contributed by atoms with E-state index in [9.17, 15) is 0 Å². The number of fused-ring (bicyclic) bond motifs is 7. The fourth-order valence-electron chi connectivity index (χ4n) is 7.36. The van der Waals surface area contributed by atoms with Crippen LogP contribution in [0.4, 0.5) is 17.1 Å². The summed E-state index contributed by atoms with van der Waals surface area (Å²) in [4.78, 5) is 21.8. The van der Waals surface area contributed by atoms with Crippen LogP contribution in [-0.2, 0) is 5.41 Å². The van der Waals surface area contributed by atoms with Crippen LogP contribution in [-0.4, -0.2) is 19.9 Å². The average Bonchev–Trinajstić information content (AvgIpc) is 3.15. The van der Waals surface area contributed by atoms with Crippen LogP contribution in [0, 0.1) is 0 Å². The van der Waals surface area contributed by atoms with Gasteiger partial charge in [0.15, 0.2) is 5.82 Å². The summed E-state index contributed by atoms with van der Waals surface area (Å²) in [6.45, 7) is 4.71. The van der Waals surface area contributed by atoms with Gasteiger partial charge in [-0.2, -0.15) is 0 Å². The van der Waals surface area contributed by atoms with Crippen LogP contribution in [0.25, 0.3) is 55.7 Å². The van der Waals surface area contributed by atoms with E-state index >= 15 is 0 Å². The van der Waals surface area contributed by atoms with Gasteiger partial charge in [-0.15, -0.1) is 0 Å². The molecule has 48 heavy (non-hydrogen) atoms. The van der Waals surface area contributed by atoms with E-state index in [1.54, 1.807) is 12.4 Å². The second kappa shape index (κ2) is 11.0. The normalized spacial score (nSPS) is 13.3. The first-order valence-corrected chi connectivity index (χ1v) is 16.2. The fraction of sp³-hybridized carbons (Fsp3) is 0.0698.